The first-order valence-corrected chi connectivity index (χ1v) is 5.95. The molecule has 18 heavy (non-hydrogen) atoms. The minimum atomic E-state index is -0.509. The Morgan fingerprint density at radius 1 is 0.944 bits per heavy atom. The molecule has 3 heteroatoms. The van der Waals surface area contributed by atoms with Crippen LogP contribution >= 0.6 is 11.6 Å². The van der Waals surface area contributed by atoms with Crippen molar-refractivity contribution in [1.29, 1.82) is 0 Å². The second-order valence-corrected chi connectivity index (χ2v) is 4.76. The first-order valence-electron chi connectivity index (χ1n) is 5.57. The van der Waals surface area contributed by atoms with E-state index in [0.29, 0.717) is 16.7 Å². The van der Waals surface area contributed by atoms with E-state index >= 15 is 0 Å². The molecule has 0 spiro atoms. The summed E-state index contributed by atoms with van der Waals surface area (Å²) >= 11 is 5.47. The molecule has 0 saturated heterocycles. The Balaban J connectivity index is 2.29. The van der Waals surface area contributed by atoms with Gasteiger partial charge in [-0.15, -0.1) is 0 Å². The Morgan fingerprint density at radius 2 is 1.67 bits per heavy atom. The highest BCUT2D eigenvalue weighted by Crippen LogP contribution is 2.37. The standard InChI is InChI=1S/C15H9ClO2/c1-8-2-4-10-12-7-9(15(16)18)3-5-11(12)14(17)13(10)6-8/h2-7H,1H3. The third kappa shape index (κ3) is 1.50. The average Bonchev–Trinajstić information content (AvgIpc) is 2.62. The zero-order valence-electron chi connectivity index (χ0n) is 9.66. The van der Waals surface area contributed by atoms with Gasteiger partial charge in [0, 0.05) is 16.7 Å². The molecule has 0 heterocycles. The van der Waals surface area contributed by atoms with Gasteiger partial charge < -0.3 is 0 Å². The minimum absolute atomic E-state index is 0.0114. The number of ketones is 1. The number of aryl methyl sites for hydroxylation is 1. The molecule has 0 fully saturated rings. The molecule has 0 atom stereocenters. The monoisotopic (exact) mass is 256 g/mol. The van der Waals surface area contributed by atoms with Crippen molar-refractivity contribution in [2.75, 3.05) is 0 Å². The lowest BCUT2D eigenvalue weighted by Gasteiger charge is -2.01. The zero-order chi connectivity index (χ0) is 12.9. The first kappa shape index (κ1) is 11.2. The van der Waals surface area contributed by atoms with Crippen LogP contribution < -0.4 is 0 Å². The minimum Gasteiger partial charge on any atom is -0.289 e. The SMILES string of the molecule is Cc1ccc2c(c1)C(=O)c1ccc(C(=O)Cl)cc1-2. The van der Waals surface area contributed by atoms with E-state index in [2.05, 4.69) is 0 Å². The Kier molecular flexibility index (Phi) is 2.35. The quantitative estimate of drug-likeness (QED) is 0.624. The fraction of sp³-hybridized carbons (Fsp3) is 0.0667. The summed E-state index contributed by atoms with van der Waals surface area (Å²) in [6.07, 6.45) is 0. The summed E-state index contributed by atoms with van der Waals surface area (Å²) < 4.78 is 0. The highest BCUT2D eigenvalue weighted by atomic mass is 35.5. The second kappa shape index (κ2) is 3.79. The van der Waals surface area contributed by atoms with Crippen molar-refractivity contribution in [3.8, 4) is 11.1 Å². The molecule has 2 nitrogen and oxygen atoms in total. The van der Waals surface area contributed by atoms with Crippen molar-refractivity contribution < 1.29 is 9.59 Å². The van der Waals surface area contributed by atoms with Crippen molar-refractivity contribution in [3.05, 3.63) is 58.7 Å². The third-order valence-corrected chi connectivity index (χ3v) is 3.42. The van der Waals surface area contributed by atoms with Crippen LogP contribution in [0.4, 0.5) is 0 Å². The molecule has 0 aromatic heterocycles. The fourth-order valence-electron chi connectivity index (χ4n) is 2.31. The van der Waals surface area contributed by atoms with Crippen molar-refractivity contribution in [2.45, 2.75) is 6.92 Å². The van der Waals surface area contributed by atoms with Gasteiger partial charge in [0.05, 0.1) is 0 Å². The van der Waals surface area contributed by atoms with E-state index in [-0.39, 0.29) is 5.78 Å². The van der Waals surface area contributed by atoms with Crippen LogP contribution in [-0.4, -0.2) is 11.0 Å². The molecule has 2 aromatic rings. The summed E-state index contributed by atoms with van der Waals surface area (Å²) in [5.74, 6) is 0.0114. The van der Waals surface area contributed by atoms with E-state index in [1.165, 1.54) is 0 Å². The summed E-state index contributed by atoms with van der Waals surface area (Å²) in [4.78, 5) is 23.4. The van der Waals surface area contributed by atoms with E-state index in [4.69, 9.17) is 11.6 Å². The largest absolute Gasteiger partial charge is 0.289 e. The lowest BCUT2D eigenvalue weighted by atomic mass is 10.0. The van der Waals surface area contributed by atoms with Gasteiger partial charge in [-0.25, -0.2) is 0 Å². The number of carbonyl (C=O) groups excluding carboxylic acids is 2. The van der Waals surface area contributed by atoms with Gasteiger partial charge in [-0.3, -0.25) is 9.59 Å². The van der Waals surface area contributed by atoms with Crippen LogP contribution in [0.25, 0.3) is 11.1 Å². The Bertz CT molecular complexity index is 702. The zero-order valence-corrected chi connectivity index (χ0v) is 10.4. The second-order valence-electron chi connectivity index (χ2n) is 4.41. The van der Waals surface area contributed by atoms with E-state index in [1.54, 1.807) is 18.2 Å². The predicted octanol–water partition coefficient (Wildman–Crippen LogP) is 3.59. The predicted molar refractivity (Wildman–Crippen MR) is 70.2 cm³/mol. The molecular weight excluding hydrogens is 248 g/mol. The molecule has 1 aliphatic rings. The topological polar surface area (TPSA) is 34.1 Å². The van der Waals surface area contributed by atoms with Gasteiger partial charge in [0.25, 0.3) is 5.24 Å². The Morgan fingerprint density at radius 3 is 2.39 bits per heavy atom. The highest BCUT2D eigenvalue weighted by Gasteiger charge is 2.27. The lowest BCUT2D eigenvalue weighted by molar-refractivity contribution is 0.104. The van der Waals surface area contributed by atoms with Crippen LogP contribution in [0.1, 0.15) is 31.8 Å². The van der Waals surface area contributed by atoms with Gasteiger partial charge in [-0.05, 0) is 53.9 Å². The van der Waals surface area contributed by atoms with E-state index < -0.39 is 5.24 Å². The summed E-state index contributed by atoms with van der Waals surface area (Å²) in [6, 6.07) is 10.7. The molecule has 88 valence electrons. The van der Waals surface area contributed by atoms with Gasteiger partial charge in [0.15, 0.2) is 5.78 Å². The molecule has 2 aromatic carbocycles. The van der Waals surface area contributed by atoms with Gasteiger partial charge in [0.1, 0.15) is 0 Å². The van der Waals surface area contributed by atoms with Crippen molar-refractivity contribution in [2.24, 2.45) is 0 Å². The van der Waals surface area contributed by atoms with Crippen LogP contribution in [0.2, 0.25) is 0 Å². The number of hydrogen-bond donors (Lipinski definition) is 0. The molecule has 0 radical (unpaired) electrons. The first-order chi connectivity index (χ1) is 8.58. The highest BCUT2D eigenvalue weighted by molar-refractivity contribution is 6.67. The number of halogens is 1. The molecule has 0 unspecified atom stereocenters. The number of rotatable bonds is 1. The summed E-state index contributed by atoms with van der Waals surface area (Å²) in [6.45, 7) is 1.95. The van der Waals surface area contributed by atoms with Crippen molar-refractivity contribution >= 4 is 22.6 Å². The summed E-state index contributed by atoms with van der Waals surface area (Å²) in [5.41, 5.74) is 4.46. The Labute approximate surface area is 109 Å². The fourth-order valence-corrected chi connectivity index (χ4v) is 2.43. The van der Waals surface area contributed by atoms with E-state index in [9.17, 15) is 9.59 Å². The molecule has 0 aliphatic heterocycles. The molecule has 1 aliphatic carbocycles. The Hall–Kier alpha value is -1.93. The number of benzene rings is 2. The van der Waals surface area contributed by atoms with Gasteiger partial charge in [-0.2, -0.15) is 0 Å². The lowest BCUT2D eigenvalue weighted by Crippen LogP contribution is -1.96. The van der Waals surface area contributed by atoms with Crippen LogP contribution in [0.3, 0.4) is 0 Å². The maximum absolute atomic E-state index is 12.2. The smallest absolute Gasteiger partial charge is 0.252 e. The van der Waals surface area contributed by atoms with Crippen LogP contribution in [0.5, 0.6) is 0 Å². The molecule has 0 saturated carbocycles. The van der Waals surface area contributed by atoms with Crippen LogP contribution in [-0.2, 0) is 0 Å². The number of fused-ring (bicyclic) bond motifs is 3. The van der Waals surface area contributed by atoms with Crippen molar-refractivity contribution in [1.82, 2.24) is 0 Å². The maximum Gasteiger partial charge on any atom is 0.252 e. The summed E-state index contributed by atoms with van der Waals surface area (Å²) in [5, 5.41) is -0.509. The molecule has 0 amide bonds. The molecule has 3 rings (SSSR count). The van der Waals surface area contributed by atoms with Crippen LogP contribution in [0, 0.1) is 6.92 Å². The number of carbonyl (C=O) groups is 2. The third-order valence-electron chi connectivity index (χ3n) is 3.20. The summed E-state index contributed by atoms with van der Waals surface area (Å²) in [7, 11) is 0. The van der Waals surface area contributed by atoms with E-state index in [0.717, 1.165) is 16.7 Å². The average molecular weight is 257 g/mol. The molecule has 0 N–H and O–H groups in total. The normalized spacial score (nSPS) is 12.2. The number of hydrogen-bond acceptors (Lipinski definition) is 2. The maximum atomic E-state index is 12.2. The molecular formula is C15H9ClO2. The van der Waals surface area contributed by atoms with Gasteiger partial charge >= 0.3 is 0 Å². The van der Waals surface area contributed by atoms with Crippen molar-refractivity contribution in [3.63, 3.8) is 0 Å². The molecule has 0 bridgehead atoms. The van der Waals surface area contributed by atoms with Gasteiger partial charge in [0.2, 0.25) is 0 Å². The van der Waals surface area contributed by atoms with E-state index in [1.807, 2.05) is 25.1 Å². The van der Waals surface area contributed by atoms with Gasteiger partial charge in [-0.1, -0.05) is 17.7 Å². The van der Waals surface area contributed by atoms with Crippen LogP contribution in [0.15, 0.2) is 36.4 Å².